The van der Waals surface area contributed by atoms with Crippen molar-refractivity contribution in [3.05, 3.63) is 59.4 Å². The van der Waals surface area contributed by atoms with Crippen LogP contribution in [0, 0.1) is 5.92 Å². The monoisotopic (exact) mass is 446 g/mol. The van der Waals surface area contributed by atoms with Gasteiger partial charge in [-0.3, -0.25) is 4.90 Å². The molecule has 1 unspecified atom stereocenters. The van der Waals surface area contributed by atoms with Gasteiger partial charge in [0.1, 0.15) is 5.82 Å². The van der Waals surface area contributed by atoms with Crippen LogP contribution in [0.4, 0.5) is 10.5 Å². The average Bonchev–Trinajstić information content (AvgIpc) is 3.22. The van der Waals surface area contributed by atoms with E-state index in [2.05, 4.69) is 66.2 Å². The number of hydrogen-bond donors (Lipinski definition) is 1. The fourth-order valence-corrected chi connectivity index (χ4v) is 5.68. The summed E-state index contributed by atoms with van der Waals surface area (Å²) in [4.78, 5) is 19.6. The van der Waals surface area contributed by atoms with Crippen molar-refractivity contribution in [3.8, 4) is 0 Å². The zero-order chi connectivity index (χ0) is 22.9. The molecule has 0 spiro atoms. The fraction of sp³-hybridized carbons (Fsp3) is 0.481. The topological polar surface area (TPSA) is 59.4 Å². The van der Waals surface area contributed by atoms with Crippen molar-refractivity contribution in [1.82, 2.24) is 14.9 Å². The van der Waals surface area contributed by atoms with Crippen LogP contribution in [0.5, 0.6) is 0 Å². The molecule has 6 heteroatoms. The van der Waals surface area contributed by atoms with Gasteiger partial charge in [-0.05, 0) is 76.2 Å². The number of rotatable bonds is 4. The van der Waals surface area contributed by atoms with Crippen molar-refractivity contribution < 1.29 is 9.53 Å². The van der Waals surface area contributed by atoms with Crippen LogP contribution in [0.15, 0.2) is 42.5 Å². The second-order valence-electron chi connectivity index (χ2n) is 9.57. The molecular formula is C27H34N4O2. The molecule has 0 radical (unpaired) electrons. The Labute approximate surface area is 195 Å². The van der Waals surface area contributed by atoms with Crippen molar-refractivity contribution in [1.29, 1.82) is 0 Å². The number of hydrogen-bond acceptors (Lipinski definition) is 4. The number of carbonyl (C=O) groups excluding carboxylic acids is 1. The summed E-state index contributed by atoms with van der Waals surface area (Å²) in [6.07, 6.45) is 4.78. The van der Waals surface area contributed by atoms with E-state index >= 15 is 0 Å². The van der Waals surface area contributed by atoms with E-state index in [9.17, 15) is 4.79 Å². The number of fused-ring (bicyclic) bond motifs is 3. The quantitative estimate of drug-likeness (QED) is 0.606. The van der Waals surface area contributed by atoms with Gasteiger partial charge in [0.2, 0.25) is 0 Å². The van der Waals surface area contributed by atoms with Gasteiger partial charge in [-0.1, -0.05) is 30.3 Å². The van der Waals surface area contributed by atoms with Crippen LogP contribution < -0.4 is 10.2 Å². The lowest BCUT2D eigenvalue weighted by molar-refractivity contribution is 0.175. The lowest BCUT2D eigenvalue weighted by atomic mass is 9.92. The zero-order valence-electron chi connectivity index (χ0n) is 19.9. The number of piperidine rings is 1. The second-order valence-corrected chi connectivity index (χ2v) is 9.57. The van der Waals surface area contributed by atoms with E-state index < -0.39 is 0 Å². The highest BCUT2D eigenvalue weighted by Gasteiger charge is 2.32. The fourth-order valence-electron chi connectivity index (χ4n) is 5.68. The number of aryl methyl sites for hydroxylation is 1. The number of anilines is 1. The van der Waals surface area contributed by atoms with Crippen LogP contribution in [0.25, 0.3) is 11.0 Å². The van der Waals surface area contributed by atoms with E-state index in [-0.39, 0.29) is 12.1 Å². The maximum atomic E-state index is 12.6. The van der Waals surface area contributed by atoms with Crippen LogP contribution >= 0.6 is 0 Å². The predicted octanol–water partition coefficient (Wildman–Crippen LogP) is 5.10. The normalized spacial score (nSPS) is 21.6. The summed E-state index contributed by atoms with van der Waals surface area (Å²) in [5.74, 6) is 1.68. The minimum Gasteiger partial charge on any atom is -0.452 e. The Kier molecular flexibility index (Phi) is 6.11. The maximum absolute atomic E-state index is 12.6. The van der Waals surface area contributed by atoms with Crippen LogP contribution in [0.2, 0.25) is 0 Å². The Morgan fingerprint density at radius 2 is 2.03 bits per heavy atom. The minimum absolute atomic E-state index is 0.112. The van der Waals surface area contributed by atoms with Crippen molar-refractivity contribution in [2.75, 3.05) is 25.1 Å². The van der Waals surface area contributed by atoms with Crippen LogP contribution in [0.3, 0.4) is 0 Å². The third-order valence-corrected chi connectivity index (χ3v) is 7.53. The molecule has 5 rings (SSSR count). The van der Waals surface area contributed by atoms with Crippen molar-refractivity contribution in [2.24, 2.45) is 5.92 Å². The predicted molar refractivity (Wildman–Crippen MR) is 132 cm³/mol. The molecule has 1 amide bonds. The lowest BCUT2D eigenvalue weighted by Crippen LogP contribution is -2.42. The van der Waals surface area contributed by atoms with Gasteiger partial charge in [0.15, 0.2) is 0 Å². The molecular weight excluding hydrogens is 412 g/mol. The third-order valence-electron chi connectivity index (χ3n) is 7.53. The summed E-state index contributed by atoms with van der Waals surface area (Å²) >= 11 is 0. The minimum atomic E-state index is -0.298. The highest BCUT2D eigenvalue weighted by molar-refractivity contribution is 5.95. The third kappa shape index (κ3) is 4.01. The molecule has 2 aromatic carbocycles. The van der Waals surface area contributed by atoms with Gasteiger partial charge in [-0.15, -0.1) is 0 Å². The molecule has 2 aliphatic heterocycles. The molecule has 1 saturated heterocycles. The summed E-state index contributed by atoms with van der Waals surface area (Å²) < 4.78 is 7.58. The molecule has 0 bridgehead atoms. The summed E-state index contributed by atoms with van der Waals surface area (Å²) in [6, 6.07) is 15.3. The van der Waals surface area contributed by atoms with Gasteiger partial charge in [0.05, 0.1) is 23.8 Å². The van der Waals surface area contributed by atoms with E-state index in [0.717, 1.165) is 54.9 Å². The van der Waals surface area contributed by atoms with Gasteiger partial charge in [-0.2, -0.15) is 0 Å². The first-order valence-corrected chi connectivity index (χ1v) is 12.2. The Balaban J connectivity index is 1.65. The Bertz CT molecular complexity index is 1130. The maximum Gasteiger partial charge on any atom is 0.414 e. The summed E-state index contributed by atoms with van der Waals surface area (Å²) in [5.41, 5.74) is 5.59. The average molecular weight is 447 g/mol. The number of methoxy groups -OCH3 is 1. The molecule has 174 valence electrons. The summed E-state index contributed by atoms with van der Waals surface area (Å²) in [6.45, 7) is 6.58. The van der Waals surface area contributed by atoms with E-state index in [0.29, 0.717) is 12.0 Å². The molecule has 1 fully saturated rings. The highest BCUT2D eigenvalue weighted by atomic mass is 16.5. The SMILES string of the molecule is COC(=O)N1c2ccc3c(nc(Cc4ccccc4)n3[C@H](C)C3CCCNC3)c2CC[C@@H]1C. The molecule has 33 heavy (non-hydrogen) atoms. The molecule has 0 aliphatic carbocycles. The van der Waals surface area contributed by atoms with Gasteiger partial charge in [0, 0.05) is 24.1 Å². The van der Waals surface area contributed by atoms with E-state index in [4.69, 9.17) is 9.72 Å². The van der Waals surface area contributed by atoms with Crippen LogP contribution in [-0.2, 0) is 17.6 Å². The molecule has 1 aromatic heterocycles. The van der Waals surface area contributed by atoms with Crippen molar-refractivity contribution in [3.63, 3.8) is 0 Å². The summed E-state index contributed by atoms with van der Waals surface area (Å²) in [5, 5.41) is 3.58. The number of amides is 1. The molecule has 3 aromatic rings. The first-order valence-electron chi connectivity index (χ1n) is 12.2. The van der Waals surface area contributed by atoms with Crippen molar-refractivity contribution in [2.45, 2.75) is 58.0 Å². The molecule has 3 heterocycles. The number of ether oxygens (including phenoxy) is 1. The molecule has 0 saturated carbocycles. The van der Waals surface area contributed by atoms with Crippen molar-refractivity contribution >= 4 is 22.8 Å². The molecule has 1 N–H and O–H groups in total. The highest BCUT2D eigenvalue weighted by Crippen LogP contribution is 2.39. The number of benzene rings is 2. The zero-order valence-corrected chi connectivity index (χ0v) is 19.9. The smallest absolute Gasteiger partial charge is 0.414 e. The van der Waals surface area contributed by atoms with E-state index in [1.807, 2.05) is 0 Å². The van der Waals surface area contributed by atoms with E-state index in [1.165, 1.54) is 31.0 Å². The Morgan fingerprint density at radius 1 is 1.21 bits per heavy atom. The van der Waals surface area contributed by atoms with Gasteiger partial charge < -0.3 is 14.6 Å². The Morgan fingerprint density at radius 3 is 2.76 bits per heavy atom. The van der Waals surface area contributed by atoms with Gasteiger partial charge >= 0.3 is 6.09 Å². The Hall–Kier alpha value is -2.86. The lowest BCUT2D eigenvalue weighted by Gasteiger charge is -2.34. The first kappa shape index (κ1) is 22.0. The largest absolute Gasteiger partial charge is 0.452 e. The number of nitrogens with one attached hydrogen (secondary N) is 1. The van der Waals surface area contributed by atoms with Crippen LogP contribution in [0.1, 0.15) is 56.1 Å². The molecule has 3 atom stereocenters. The number of imidazole rings is 1. The molecule has 6 nitrogen and oxygen atoms in total. The van der Waals surface area contributed by atoms with Crippen LogP contribution in [-0.4, -0.2) is 41.9 Å². The standard InChI is InChI=1S/C27H34N4O2/c1-18-11-12-22-23(30(18)27(32)33-3)13-14-24-26(22)29-25(16-20-8-5-4-6-9-20)31(24)19(2)21-10-7-15-28-17-21/h4-6,8-9,13-14,18-19,21,28H,7,10-12,15-17H2,1-3H3/t18-,19+,21?/m0/s1. The number of nitrogens with zero attached hydrogens (tertiary/aromatic N) is 3. The number of carbonyl (C=O) groups is 1. The number of aromatic nitrogens is 2. The van der Waals surface area contributed by atoms with E-state index in [1.54, 1.807) is 4.90 Å². The molecule has 2 aliphatic rings. The van der Waals surface area contributed by atoms with Gasteiger partial charge in [0.25, 0.3) is 0 Å². The van der Waals surface area contributed by atoms with Gasteiger partial charge in [-0.25, -0.2) is 9.78 Å². The summed E-state index contributed by atoms with van der Waals surface area (Å²) in [7, 11) is 1.45. The second kappa shape index (κ2) is 9.18. The first-order chi connectivity index (χ1) is 16.1.